The van der Waals surface area contributed by atoms with Gasteiger partial charge < -0.3 is 39.4 Å². The number of nitrogens with zero attached hydrogens (tertiary/aromatic N) is 6. The van der Waals surface area contributed by atoms with Crippen LogP contribution in [0.15, 0.2) is 248 Å². The van der Waals surface area contributed by atoms with Crippen molar-refractivity contribution in [3.63, 3.8) is 0 Å². The first-order valence-corrected chi connectivity index (χ1v) is 43.0. The summed E-state index contributed by atoms with van der Waals surface area (Å²) in [5, 5.41) is 29.1. The van der Waals surface area contributed by atoms with Crippen LogP contribution in [0.5, 0.6) is 0 Å². The molecule has 10 aromatic carbocycles. The number of benzene rings is 10. The highest BCUT2D eigenvalue weighted by atomic mass is 19.4. The van der Waals surface area contributed by atoms with Gasteiger partial charge in [-0.2, -0.15) is 81.2 Å². The molecule has 12 N–H and O–H groups in total. The molecule has 0 aliphatic carbocycles. The van der Waals surface area contributed by atoms with Crippen molar-refractivity contribution in [3.05, 3.63) is 354 Å². The van der Waals surface area contributed by atoms with Crippen LogP contribution < -0.4 is 33.9 Å². The van der Waals surface area contributed by atoms with Crippen LogP contribution in [0.2, 0.25) is 0 Å². The zero-order valence-corrected chi connectivity index (χ0v) is 77.3. The number of hydrazone groups is 1. The van der Waals surface area contributed by atoms with Crippen LogP contribution >= 0.6 is 0 Å². The van der Waals surface area contributed by atoms with E-state index < -0.39 is 94.4 Å². The number of aromatic nitrogens is 6. The van der Waals surface area contributed by atoms with Crippen molar-refractivity contribution in [2.75, 3.05) is 40.1 Å². The van der Waals surface area contributed by atoms with E-state index in [0.29, 0.717) is 119 Å². The summed E-state index contributed by atoms with van der Waals surface area (Å²) in [4.78, 5) is 89.8. The lowest BCUT2D eigenvalue weighted by Crippen LogP contribution is -2.30. The molecule has 0 aliphatic heterocycles. The highest BCUT2D eigenvalue weighted by Crippen LogP contribution is 2.36. The number of aryl methyl sites for hydroxylation is 1. The van der Waals surface area contributed by atoms with Crippen molar-refractivity contribution in [3.8, 4) is 22.8 Å². The molecule has 2 amide bonds. The average molecular weight is 2000 g/mol. The third-order valence-electron chi connectivity index (χ3n) is 19.4. The van der Waals surface area contributed by atoms with E-state index in [2.05, 4.69) is 46.4 Å². The number of carbonyl (C=O) groups excluding carboxylic acids is 7. The van der Waals surface area contributed by atoms with E-state index in [4.69, 9.17) is 45.9 Å². The molecule has 43 heteroatoms. The Hall–Kier alpha value is -15.5. The highest BCUT2D eigenvalue weighted by molar-refractivity contribution is 6.00. The number of methoxy groups -OCH3 is 1. The number of hydrazine groups is 2. The van der Waals surface area contributed by atoms with Crippen LogP contribution in [0.3, 0.4) is 0 Å². The van der Waals surface area contributed by atoms with E-state index >= 15 is 0 Å². The molecular weight excluding hydrogens is 1890 g/mol. The topological polar surface area (TPSA) is 418 Å². The first kappa shape index (κ1) is 115. The Morgan fingerprint density at radius 1 is 0.401 bits per heavy atom. The smallest absolute Gasteiger partial charge is 0.416 e. The number of amidine groups is 1. The van der Waals surface area contributed by atoms with E-state index in [1.54, 1.807) is 114 Å². The Morgan fingerprint density at radius 2 is 0.704 bits per heavy atom. The number of hydrogen-bond donors (Lipinski definition) is 9. The van der Waals surface area contributed by atoms with Gasteiger partial charge in [0.25, 0.3) is 11.8 Å². The molecule has 142 heavy (non-hydrogen) atoms. The Bertz CT molecular complexity index is 5970. The maximum Gasteiger partial charge on any atom is 0.416 e. The van der Waals surface area contributed by atoms with Gasteiger partial charge in [-0.1, -0.05) is 164 Å². The van der Waals surface area contributed by atoms with E-state index in [0.717, 1.165) is 94.0 Å². The Kier molecular flexibility index (Phi) is 45.9. The minimum absolute atomic E-state index is 0.0120. The summed E-state index contributed by atoms with van der Waals surface area (Å²) < 4.78 is 220. The number of nitrogen functional groups attached to an aromatic ring is 1. The van der Waals surface area contributed by atoms with Crippen molar-refractivity contribution >= 4 is 53.4 Å². The van der Waals surface area contributed by atoms with Crippen LogP contribution in [0.25, 0.3) is 22.8 Å². The van der Waals surface area contributed by atoms with E-state index in [-0.39, 0.29) is 63.0 Å². The number of alkyl halides is 15. The maximum atomic E-state index is 12.8. The van der Waals surface area contributed by atoms with Gasteiger partial charge in [0.05, 0.1) is 73.5 Å². The fraction of sp³-hybridized carbons (Fsp3) is 0.263. The predicted octanol–water partition coefficient (Wildman–Crippen LogP) is 18.4. The molecule has 0 fully saturated rings. The molecule has 0 saturated carbocycles. The van der Waals surface area contributed by atoms with Gasteiger partial charge in [0.1, 0.15) is 43.2 Å². The molecule has 0 unspecified atom stereocenters. The molecule has 28 nitrogen and oxygen atoms in total. The first-order chi connectivity index (χ1) is 67.3. The number of nitrogens with two attached hydrogens (primary N) is 3. The number of esters is 5. The summed E-state index contributed by atoms with van der Waals surface area (Å²) >= 11 is 0. The lowest BCUT2D eigenvalue weighted by Gasteiger charge is -2.10. The van der Waals surface area contributed by atoms with Gasteiger partial charge in [-0.25, -0.2) is 31.9 Å². The lowest BCUT2D eigenvalue weighted by molar-refractivity contribution is -0.143. The standard InChI is InChI=1S/C21H20F3N3O2.C20H20F3N3O3.C20H18F3N3O2.C16H13F3O2.C15H13F3N2O.C7H13NO3.H4N2O/c1-3-29-19(28)13-18-25-20(26-27(18)2)17-7-5-4-6-15(17)12-14-8-10-16(11-9-14)21(22,23)24;1-2-29-18(27)12-17(24)25-26-19(28)16-6-4-3-5-14(16)11-13-7-9-15(10-8-13)20(21,22)23;1-2-28-18(27)12-17-24-19(26-25-17)16-6-4-3-5-14(16)11-13-7-9-15(10-8-13)20(21,22)23;1-21-15(20)14-5-3-2-4-12(14)10-11-6-8-13(9-7-11)16(17,18)19;16-15(17,18)12-7-5-10(6-8-12)9-11-3-1-2-4-13(11)14(21)20-19;1-3-10-6(8)5-7(9)11-4-2;1-2-3/h4-11H,3,12-13H2,1-2H3;3-10H,2,11-12H2,1H3,(H2,24,25)(H,26,28);3-10H,2,11-12H2,1H3,(H,24,25,26);2-9H,10H2,1H3;1-8H,9,19H2,(H,20,21);8H,3-5H2,1-2H3;2-3H,1H2. The summed E-state index contributed by atoms with van der Waals surface area (Å²) in [7, 11) is 2.99. The number of hydrogen-bond acceptors (Lipinski definition) is 23. The molecule has 2 aromatic heterocycles. The van der Waals surface area contributed by atoms with Crippen LogP contribution in [0, 0.1) is 5.41 Å². The molecule has 756 valence electrons. The highest BCUT2D eigenvalue weighted by Gasteiger charge is 2.35. The minimum Gasteiger partial charge on any atom is -0.481 e. The fourth-order valence-corrected chi connectivity index (χ4v) is 12.8. The molecular formula is C99H101F15N14O14. The van der Waals surface area contributed by atoms with Crippen molar-refractivity contribution in [2.24, 2.45) is 29.6 Å². The van der Waals surface area contributed by atoms with Crippen molar-refractivity contribution in [2.45, 2.75) is 123 Å². The van der Waals surface area contributed by atoms with Crippen molar-refractivity contribution < 1.29 is 133 Å². The second-order valence-electron chi connectivity index (χ2n) is 29.6. The SMILES string of the molecule is CCOC(=N)CC(=O)OCC.CCOC(=O)CC(N)=NNC(=O)c1ccccc1Cc1ccc(C(F)(F)F)cc1.CCOC(=O)Cc1nc(-c2ccccc2Cc2ccc(C(F)(F)F)cc2)n[nH]1.CCOC(=O)Cc1nc(-c2ccccc2Cc2ccc(C(F)(F)F)cc2)nn1C.COC(=O)c1ccccc1Cc1ccc(C(F)(F)F)cc1.NNC(=O)c1ccccc1Cc1ccc(C(F)(F)F)cc1.NNO. The van der Waals surface area contributed by atoms with Crippen LogP contribution in [0.1, 0.15) is 174 Å². The molecule has 0 atom stereocenters. The second kappa shape index (κ2) is 56.5. The summed E-state index contributed by atoms with van der Waals surface area (Å²) in [5.41, 5.74) is 17.5. The number of amides is 2. The molecule has 0 spiro atoms. The molecule has 0 saturated heterocycles. The Morgan fingerprint density at radius 3 is 1.06 bits per heavy atom. The van der Waals surface area contributed by atoms with Gasteiger partial charge in [-0.15, -0.1) is 5.59 Å². The summed E-state index contributed by atoms with van der Waals surface area (Å²) in [6, 6.07) is 59.7. The van der Waals surface area contributed by atoms with Gasteiger partial charge in [0, 0.05) is 29.3 Å². The molecule has 0 bridgehead atoms. The number of H-pyrrole nitrogens is 1. The Labute approximate surface area is 805 Å². The normalized spacial score (nSPS) is 11.1. The van der Waals surface area contributed by atoms with Gasteiger partial charge in [-0.05, 0) is 201 Å². The predicted molar refractivity (Wildman–Crippen MR) is 493 cm³/mol. The zero-order chi connectivity index (χ0) is 105. The monoisotopic (exact) mass is 1990 g/mol. The number of halogens is 15. The Balaban J connectivity index is 0.000000264. The van der Waals surface area contributed by atoms with E-state index in [9.17, 15) is 99.4 Å². The number of ether oxygens (including phenoxy) is 6. The van der Waals surface area contributed by atoms with E-state index in [1.165, 1.54) is 78.0 Å². The summed E-state index contributed by atoms with van der Waals surface area (Å²) in [5.74, 6) is 7.64. The van der Waals surface area contributed by atoms with Gasteiger partial charge >= 0.3 is 60.7 Å². The largest absolute Gasteiger partial charge is 0.481 e. The van der Waals surface area contributed by atoms with Gasteiger partial charge in [-0.3, -0.25) is 49.4 Å². The fourth-order valence-electron chi connectivity index (χ4n) is 12.8. The van der Waals surface area contributed by atoms with Crippen LogP contribution in [0.4, 0.5) is 65.9 Å². The molecule has 0 aliphatic rings. The lowest BCUT2D eigenvalue weighted by atomic mass is 9.98. The third-order valence-corrected chi connectivity index (χ3v) is 19.4. The summed E-state index contributed by atoms with van der Waals surface area (Å²) in [6.45, 7) is 10.1. The van der Waals surface area contributed by atoms with Crippen molar-refractivity contribution in [1.82, 2.24) is 46.4 Å². The zero-order valence-electron chi connectivity index (χ0n) is 77.3. The second-order valence-corrected chi connectivity index (χ2v) is 29.6. The van der Waals surface area contributed by atoms with Crippen LogP contribution in [-0.2, 0) is 130 Å². The van der Waals surface area contributed by atoms with Crippen molar-refractivity contribution in [1.29, 1.82) is 5.41 Å². The number of aromatic amines is 1. The number of rotatable bonds is 29. The summed E-state index contributed by atoms with van der Waals surface area (Å²) in [6.07, 6.45) is -20.3. The molecule has 12 rings (SSSR count). The third kappa shape index (κ3) is 39.1. The minimum atomic E-state index is -4.40. The average Bonchev–Trinajstić information content (AvgIpc) is 1.64. The molecule has 12 aromatic rings. The number of carbonyl (C=O) groups is 7. The molecule has 2 heterocycles. The quantitative estimate of drug-likeness (QED) is 0.00307. The van der Waals surface area contributed by atoms with Gasteiger partial charge in [0.15, 0.2) is 17.5 Å². The van der Waals surface area contributed by atoms with E-state index in [1.807, 2.05) is 54.0 Å². The van der Waals surface area contributed by atoms with Crippen LogP contribution in [-0.4, -0.2) is 129 Å². The first-order valence-electron chi connectivity index (χ1n) is 43.0. The maximum absolute atomic E-state index is 12.8. The molecule has 0 radical (unpaired) electrons. The van der Waals surface area contributed by atoms with Gasteiger partial charge in [0.2, 0.25) is 0 Å². The number of nitrogens with one attached hydrogen (secondary N) is 5.